The number of hydrogen-bond acceptors (Lipinski definition) is 6. The molecule has 12 heteroatoms. The van der Waals surface area contributed by atoms with Crippen LogP contribution in [0.1, 0.15) is 67.3 Å². The number of guanidine groups is 1. The number of carbonyl (C=O) groups is 3. The van der Waals surface area contributed by atoms with Crippen molar-refractivity contribution in [2.75, 3.05) is 11.9 Å². The molecule has 0 aromatic heterocycles. The summed E-state index contributed by atoms with van der Waals surface area (Å²) in [5.41, 5.74) is 23.4. The Balaban J connectivity index is 1.75. The van der Waals surface area contributed by atoms with Crippen LogP contribution in [-0.4, -0.2) is 42.3 Å². The van der Waals surface area contributed by atoms with Gasteiger partial charge >= 0.3 is 0 Å². The number of hydrogen-bond donors (Lipinski definition) is 6. The molecule has 2 aromatic rings. The standard InChI is InChI=1S/C29H40FN7O4/c30-21-11-8-19(9-12-21)17-41-25-16-20(26(32)38)10-13-23(25)36-28(40)24(15-18-5-2-1-3-6-18)37-27(39)22(31)7-4-14-35-29(33)34/h8-13,16,18,22,24H,1-7,14-15,17,31H2,(H2,32,38)(H,36,40)(H,37,39)(H4,33,34,35)/t22-,24-/m0/s1. The third-order valence-corrected chi connectivity index (χ3v) is 7.06. The van der Waals surface area contributed by atoms with Gasteiger partial charge in [0.1, 0.15) is 24.2 Å². The first kappa shape index (κ1) is 31.3. The maximum absolute atomic E-state index is 13.6. The van der Waals surface area contributed by atoms with Crippen molar-refractivity contribution in [3.05, 3.63) is 59.4 Å². The summed E-state index contributed by atoms with van der Waals surface area (Å²) in [5, 5.41) is 5.68. The molecule has 1 aliphatic carbocycles. The third-order valence-electron chi connectivity index (χ3n) is 7.06. The SMILES string of the molecule is NC(=O)c1ccc(NC(=O)[C@H](CC2CCCCC2)NC(=O)[C@@H](N)CCCN=C(N)N)c(OCc2ccc(F)cc2)c1. The fourth-order valence-electron chi connectivity index (χ4n) is 4.78. The van der Waals surface area contributed by atoms with E-state index < -0.39 is 29.8 Å². The summed E-state index contributed by atoms with van der Waals surface area (Å²) in [6.45, 7) is 0.402. The van der Waals surface area contributed by atoms with Crippen LogP contribution in [0.4, 0.5) is 10.1 Å². The molecular weight excluding hydrogens is 529 g/mol. The number of ether oxygens (including phenoxy) is 1. The highest BCUT2D eigenvalue weighted by atomic mass is 19.1. The molecule has 10 N–H and O–H groups in total. The van der Waals surface area contributed by atoms with E-state index in [1.165, 1.54) is 30.3 Å². The second-order valence-electron chi connectivity index (χ2n) is 10.3. The largest absolute Gasteiger partial charge is 0.487 e. The van der Waals surface area contributed by atoms with Gasteiger partial charge in [-0.25, -0.2) is 4.39 Å². The quantitative estimate of drug-likeness (QED) is 0.114. The lowest BCUT2D eigenvalue weighted by atomic mass is 9.84. The van der Waals surface area contributed by atoms with Crippen molar-refractivity contribution in [1.82, 2.24) is 5.32 Å². The summed E-state index contributed by atoms with van der Waals surface area (Å²) < 4.78 is 19.2. The molecule has 3 amide bonds. The van der Waals surface area contributed by atoms with Crippen molar-refractivity contribution < 1.29 is 23.5 Å². The molecular formula is C29H40FN7O4. The van der Waals surface area contributed by atoms with E-state index in [-0.39, 0.29) is 35.6 Å². The van der Waals surface area contributed by atoms with Crippen LogP contribution in [0.2, 0.25) is 0 Å². The molecule has 1 aliphatic rings. The average molecular weight is 570 g/mol. The Morgan fingerprint density at radius 2 is 1.71 bits per heavy atom. The van der Waals surface area contributed by atoms with Crippen molar-refractivity contribution in [2.24, 2.45) is 33.8 Å². The lowest BCUT2D eigenvalue weighted by Gasteiger charge is -2.27. The predicted molar refractivity (Wildman–Crippen MR) is 155 cm³/mol. The van der Waals surface area contributed by atoms with Crippen LogP contribution >= 0.6 is 0 Å². The molecule has 2 atom stereocenters. The number of aliphatic imine (C=N–C) groups is 1. The van der Waals surface area contributed by atoms with E-state index in [2.05, 4.69) is 15.6 Å². The lowest BCUT2D eigenvalue weighted by molar-refractivity contribution is -0.127. The highest BCUT2D eigenvalue weighted by Gasteiger charge is 2.28. The monoisotopic (exact) mass is 569 g/mol. The number of nitrogens with zero attached hydrogens (tertiary/aromatic N) is 1. The van der Waals surface area contributed by atoms with Crippen molar-refractivity contribution in [2.45, 2.75) is 70.1 Å². The molecule has 2 aromatic carbocycles. The van der Waals surface area contributed by atoms with Gasteiger partial charge in [0.15, 0.2) is 5.96 Å². The maximum atomic E-state index is 13.6. The molecule has 0 aliphatic heterocycles. The zero-order chi connectivity index (χ0) is 29.8. The number of rotatable bonds is 14. The van der Waals surface area contributed by atoms with E-state index in [0.29, 0.717) is 37.1 Å². The summed E-state index contributed by atoms with van der Waals surface area (Å²) in [7, 11) is 0. The van der Waals surface area contributed by atoms with Gasteiger partial charge in [-0.05, 0) is 61.1 Å². The molecule has 0 unspecified atom stereocenters. The predicted octanol–water partition coefficient (Wildman–Crippen LogP) is 2.28. The van der Waals surface area contributed by atoms with Gasteiger partial charge in [0.25, 0.3) is 0 Å². The maximum Gasteiger partial charge on any atom is 0.248 e. The first-order valence-electron chi connectivity index (χ1n) is 13.9. The number of benzene rings is 2. The Kier molecular flexibility index (Phi) is 11.9. The fourth-order valence-corrected chi connectivity index (χ4v) is 4.78. The molecule has 1 fully saturated rings. The van der Waals surface area contributed by atoms with E-state index in [4.69, 9.17) is 27.7 Å². The molecule has 0 saturated heterocycles. The van der Waals surface area contributed by atoms with Gasteiger partial charge in [0, 0.05) is 12.1 Å². The Hall–Kier alpha value is -4.19. The van der Waals surface area contributed by atoms with E-state index in [1.54, 1.807) is 12.1 Å². The molecule has 1 saturated carbocycles. The Morgan fingerprint density at radius 3 is 2.37 bits per heavy atom. The van der Waals surface area contributed by atoms with E-state index >= 15 is 0 Å². The highest BCUT2D eigenvalue weighted by molar-refractivity contribution is 6.00. The fraction of sp³-hybridized carbons (Fsp3) is 0.448. The van der Waals surface area contributed by atoms with Gasteiger partial charge in [0.2, 0.25) is 17.7 Å². The topological polar surface area (TPSA) is 201 Å². The van der Waals surface area contributed by atoms with Crippen molar-refractivity contribution in [3.8, 4) is 5.75 Å². The molecule has 222 valence electrons. The second-order valence-corrected chi connectivity index (χ2v) is 10.3. The molecule has 11 nitrogen and oxygen atoms in total. The van der Waals surface area contributed by atoms with Gasteiger partial charge in [-0.3, -0.25) is 19.4 Å². The number of amides is 3. The van der Waals surface area contributed by atoms with Crippen LogP contribution in [0.5, 0.6) is 5.75 Å². The zero-order valence-electron chi connectivity index (χ0n) is 23.1. The van der Waals surface area contributed by atoms with Crippen LogP contribution in [0, 0.1) is 11.7 Å². The van der Waals surface area contributed by atoms with Crippen molar-refractivity contribution >= 4 is 29.4 Å². The van der Waals surface area contributed by atoms with Crippen LogP contribution < -0.4 is 38.3 Å². The van der Waals surface area contributed by atoms with E-state index in [9.17, 15) is 18.8 Å². The molecule has 0 radical (unpaired) electrons. The van der Waals surface area contributed by atoms with Crippen molar-refractivity contribution in [1.29, 1.82) is 0 Å². The van der Waals surface area contributed by atoms with Crippen molar-refractivity contribution in [3.63, 3.8) is 0 Å². The summed E-state index contributed by atoms with van der Waals surface area (Å²) in [6.07, 6.45) is 6.57. The minimum absolute atomic E-state index is 0.0304. The van der Waals surface area contributed by atoms with E-state index in [1.807, 2.05) is 0 Å². The number of halogens is 1. The Labute approximate surface area is 239 Å². The minimum atomic E-state index is -0.838. The van der Waals surface area contributed by atoms with Crippen LogP contribution in [-0.2, 0) is 16.2 Å². The zero-order valence-corrected chi connectivity index (χ0v) is 23.1. The number of anilines is 1. The van der Waals surface area contributed by atoms with Crippen LogP contribution in [0.25, 0.3) is 0 Å². The summed E-state index contributed by atoms with van der Waals surface area (Å²) in [5.74, 6) is -1.46. The number of nitrogens with two attached hydrogens (primary N) is 4. The second kappa shape index (κ2) is 15.6. The van der Waals surface area contributed by atoms with Gasteiger partial charge in [0.05, 0.1) is 11.7 Å². The third kappa shape index (κ3) is 10.4. The molecule has 41 heavy (non-hydrogen) atoms. The number of carbonyl (C=O) groups excluding carboxylic acids is 3. The van der Waals surface area contributed by atoms with Gasteiger partial charge in [-0.1, -0.05) is 44.2 Å². The highest BCUT2D eigenvalue weighted by Crippen LogP contribution is 2.30. The molecule has 3 rings (SSSR count). The first-order chi connectivity index (χ1) is 19.6. The number of primary amides is 1. The van der Waals surface area contributed by atoms with Gasteiger partial charge in [-0.2, -0.15) is 0 Å². The van der Waals surface area contributed by atoms with Crippen LogP contribution in [0.15, 0.2) is 47.5 Å². The smallest absolute Gasteiger partial charge is 0.248 e. The van der Waals surface area contributed by atoms with Gasteiger partial charge in [-0.15, -0.1) is 0 Å². The summed E-state index contributed by atoms with van der Waals surface area (Å²) in [6, 6.07) is 8.52. The van der Waals surface area contributed by atoms with E-state index in [0.717, 1.165) is 32.1 Å². The molecule has 0 heterocycles. The normalized spacial score (nSPS) is 14.9. The molecule has 0 bridgehead atoms. The summed E-state index contributed by atoms with van der Waals surface area (Å²) >= 11 is 0. The first-order valence-corrected chi connectivity index (χ1v) is 13.9. The number of nitrogens with one attached hydrogen (secondary N) is 2. The summed E-state index contributed by atoms with van der Waals surface area (Å²) in [4.78, 5) is 42.2. The average Bonchev–Trinajstić information content (AvgIpc) is 2.95. The minimum Gasteiger partial charge on any atom is -0.487 e. The molecule has 0 spiro atoms. The Morgan fingerprint density at radius 1 is 1.00 bits per heavy atom. The Bertz CT molecular complexity index is 1210. The lowest BCUT2D eigenvalue weighted by Crippen LogP contribution is -2.50. The van der Waals surface area contributed by atoms with Gasteiger partial charge < -0.3 is 38.3 Å². The van der Waals surface area contributed by atoms with Crippen LogP contribution in [0.3, 0.4) is 0 Å².